The fraction of sp³-hybridized carbons (Fsp3) is 0. The fourth-order valence-corrected chi connectivity index (χ4v) is 1.50. The highest BCUT2D eigenvalue weighted by Crippen LogP contribution is 2.13. The first-order valence-electron chi connectivity index (χ1n) is 4.70. The zero-order valence-corrected chi connectivity index (χ0v) is 10.1. The molecule has 0 aliphatic carbocycles. The fourth-order valence-electron chi connectivity index (χ4n) is 1.18. The van der Waals surface area contributed by atoms with E-state index in [1.165, 1.54) is 18.3 Å². The number of hydrogen-bond acceptors (Lipinski definition) is 3. The van der Waals surface area contributed by atoms with Crippen molar-refractivity contribution in [2.24, 2.45) is 0 Å². The standard InChI is InChI=1S/C11H7BrFN3O/c12-10-8(13)3-4-9(16-10)11(17)15-7-2-1-5-14-6-7/h1-6H,(H,15,17). The predicted molar refractivity (Wildman–Crippen MR) is 64.1 cm³/mol. The summed E-state index contributed by atoms with van der Waals surface area (Å²) < 4.78 is 12.9. The van der Waals surface area contributed by atoms with Crippen molar-refractivity contribution < 1.29 is 9.18 Å². The highest BCUT2D eigenvalue weighted by molar-refractivity contribution is 9.10. The van der Waals surface area contributed by atoms with Crippen molar-refractivity contribution in [1.29, 1.82) is 0 Å². The SMILES string of the molecule is O=C(Nc1cccnc1)c1ccc(F)c(Br)n1. The van der Waals surface area contributed by atoms with Gasteiger partial charge >= 0.3 is 0 Å². The average molecular weight is 296 g/mol. The summed E-state index contributed by atoms with van der Waals surface area (Å²) in [6.07, 6.45) is 3.11. The largest absolute Gasteiger partial charge is 0.319 e. The molecule has 0 aliphatic rings. The van der Waals surface area contributed by atoms with E-state index in [1.54, 1.807) is 18.3 Å². The van der Waals surface area contributed by atoms with Gasteiger partial charge in [0.2, 0.25) is 0 Å². The molecular formula is C11H7BrFN3O. The van der Waals surface area contributed by atoms with Gasteiger partial charge in [-0.15, -0.1) is 0 Å². The van der Waals surface area contributed by atoms with Crippen molar-refractivity contribution in [2.45, 2.75) is 0 Å². The Hall–Kier alpha value is -1.82. The first-order valence-corrected chi connectivity index (χ1v) is 5.49. The summed E-state index contributed by atoms with van der Waals surface area (Å²) in [6, 6.07) is 5.88. The van der Waals surface area contributed by atoms with Crippen molar-refractivity contribution in [3.63, 3.8) is 0 Å². The molecule has 2 aromatic heterocycles. The van der Waals surface area contributed by atoms with E-state index in [4.69, 9.17) is 0 Å². The van der Waals surface area contributed by atoms with Gasteiger partial charge in [0, 0.05) is 6.20 Å². The maximum atomic E-state index is 12.9. The van der Waals surface area contributed by atoms with Crippen LogP contribution in [0.4, 0.5) is 10.1 Å². The summed E-state index contributed by atoms with van der Waals surface area (Å²) in [6.45, 7) is 0. The van der Waals surface area contributed by atoms with Gasteiger partial charge < -0.3 is 5.32 Å². The smallest absolute Gasteiger partial charge is 0.274 e. The van der Waals surface area contributed by atoms with E-state index in [-0.39, 0.29) is 10.3 Å². The van der Waals surface area contributed by atoms with Crippen LogP contribution in [-0.2, 0) is 0 Å². The highest BCUT2D eigenvalue weighted by Gasteiger charge is 2.10. The van der Waals surface area contributed by atoms with Gasteiger partial charge in [0.15, 0.2) is 5.82 Å². The van der Waals surface area contributed by atoms with Gasteiger partial charge in [0.05, 0.1) is 11.9 Å². The topological polar surface area (TPSA) is 54.9 Å². The number of nitrogens with one attached hydrogen (secondary N) is 1. The first kappa shape index (κ1) is 11.7. The Labute approximate surface area is 105 Å². The Kier molecular flexibility index (Phi) is 3.43. The molecule has 6 heteroatoms. The number of pyridine rings is 2. The molecule has 0 saturated heterocycles. The Balaban J connectivity index is 2.18. The van der Waals surface area contributed by atoms with Crippen LogP contribution in [0.25, 0.3) is 0 Å². The zero-order valence-electron chi connectivity index (χ0n) is 8.52. The number of halogens is 2. The molecule has 0 unspecified atom stereocenters. The Morgan fingerprint density at radius 2 is 2.18 bits per heavy atom. The first-order chi connectivity index (χ1) is 8.16. The lowest BCUT2D eigenvalue weighted by Gasteiger charge is -2.04. The summed E-state index contributed by atoms with van der Waals surface area (Å²) in [4.78, 5) is 19.4. The summed E-state index contributed by atoms with van der Waals surface area (Å²) >= 11 is 2.92. The van der Waals surface area contributed by atoms with Gasteiger partial charge in [0.25, 0.3) is 5.91 Å². The van der Waals surface area contributed by atoms with Crippen LogP contribution in [-0.4, -0.2) is 15.9 Å². The third kappa shape index (κ3) is 2.85. The van der Waals surface area contributed by atoms with E-state index >= 15 is 0 Å². The normalized spacial score (nSPS) is 10.0. The van der Waals surface area contributed by atoms with Crippen LogP contribution in [0.15, 0.2) is 41.3 Å². The molecule has 0 aliphatic heterocycles. The van der Waals surface area contributed by atoms with Crippen LogP contribution in [0.5, 0.6) is 0 Å². The molecule has 2 rings (SSSR count). The summed E-state index contributed by atoms with van der Waals surface area (Å²) in [5.41, 5.74) is 0.682. The van der Waals surface area contributed by atoms with Crippen LogP contribution in [0.1, 0.15) is 10.5 Å². The minimum atomic E-state index is -0.511. The highest BCUT2D eigenvalue weighted by atomic mass is 79.9. The number of hydrogen-bond donors (Lipinski definition) is 1. The molecule has 2 heterocycles. The second-order valence-electron chi connectivity index (χ2n) is 3.16. The molecule has 17 heavy (non-hydrogen) atoms. The lowest BCUT2D eigenvalue weighted by molar-refractivity contribution is 0.102. The lowest BCUT2D eigenvalue weighted by atomic mass is 10.3. The van der Waals surface area contributed by atoms with Crippen molar-refractivity contribution in [3.8, 4) is 0 Å². The minimum absolute atomic E-state index is 0.0105. The molecule has 86 valence electrons. The predicted octanol–water partition coefficient (Wildman–Crippen LogP) is 2.63. The second-order valence-corrected chi connectivity index (χ2v) is 3.92. The number of rotatable bonds is 2. The van der Waals surface area contributed by atoms with Crippen LogP contribution in [0, 0.1) is 5.82 Å². The summed E-state index contributed by atoms with van der Waals surface area (Å²) in [5, 5.41) is 2.60. The minimum Gasteiger partial charge on any atom is -0.319 e. The number of anilines is 1. The molecule has 0 radical (unpaired) electrons. The van der Waals surface area contributed by atoms with Gasteiger partial charge in [-0.1, -0.05) is 0 Å². The molecule has 0 atom stereocenters. The van der Waals surface area contributed by atoms with E-state index in [2.05, 4.69) is 31.2 Å². The zero-order chi connectivity index (χ0) is 12.3. The molecule has 0 aromatic carbocycles. The van der Waals surface area contributed by atoms with Crippen molar-refractivity contribution in [3.05, 3.63) is 52.8 Å². The molecular weight excluding hydrogens is 289 g/mol. The molecule has 0 bridgehead atoms. The quantitative estimate of drug-likeness (QED) is 0.867. The van der Waals surface area contributed by atoms with E-state index in [9.17, 15) is 9.18 Å². The third-order valence-electron chi connectivity index (χ3n) is 1.96. The number of aromatic nitrogens is 2. The second kappa shape index (κ2) is 5.01. The third-order valence-corrected chi connectivity index (χ3v) is 2.51. The van der Waals surface area contributed by atoms with Crippen molar-refractivity contribution in [2.75, 3.05) is 5.32 Å². The van der Waals surface area contributed by atoms with E-state index in [0.717, 1.165) is 0 Å². The van der Waals surface area contributed by atoms with E-state index in [1.807, 2.05) is 0 Å². The maximum absolute atomic E-state index is 12.9. The van der Waals surface area contributed by atoms with E-state index < -0.39 is 11.7 Å². The number of nitrogens with zero attached hydrogens (tertiary/aromatic N) is 2. The van der Waals surface area contributed by atoms with Crippen LogP contribution in [0.3, 0.4) is 0 Å². The van der Waals surface area contributed by atoms with Gasteiger partial charge in [-0.05, 0) is 40.2 Å². The molecule has 0 spiro atoms. The van der Waals surface area contributed by atoms with E-state index in [0.29, 0.717) is 5.69 Å². The average Bonchev–Trinajstić information content (AvgIpc) is 2.34. The molecule has 2 aromatic rings. The molecule has 4 nitrogen and oxygen atoms in total. The Morgan fingerprint density at radius 3 is 2.82 bits per heavy atom. The van der Waals surface area contributed by atoms with Crippen LogP contribution < -0.4 is 5.32 Å². The van der Waals surface area contributed by atoms with Gasteiger partial charge in [-0.3, -0.25) is 9.78 Å². The van der Waals surface area contributed by atoms with Crippen molar-refractivity contribution >= 4 is 27.5 Å². The van der Waals surface area contributed by atoms with Gasteiger partial charge in [0.1, 0.15) is 10.3 Å². The molecule has 0 fully saturated rings. The number of amides is 1. The number of carbonyl (C=O) groups is 1. The van der Waals surface area contributed by atoms with Gasteiger partial charge in [-0.2, -0.15) is 0 Å². The summed E-state index contributed by atoms with van der Waals surface area (Å²) in [7, 11) is 0. The lowest BCUT2D eigenvalue weighted by Crippen LogP contribution is -2.14. The van der Waals surface area contributed by atoms with Crippen LogP contribution in [0.2, 0.25) is 0 Å². The Morgan fingerprint density at radius 1 is 1.35 bits per heavy atom. The monoisotopic (exact) mass is 295 g/mol. The Bertz CT molecular complexity index is 548. The summed E-state index contributed by atoms with van der Waals surface area (Å²) in [5.74, 6) is -0.929. The molecule has 1 N–H and O–H groups in total. The van der Waals surface area contributed by atoms with Crippen molar-refractivity contribution in [1.82, 2.24) is 9.97 Å². The molecule has 0 saturated carbocycles. The van der Waals surface area contributed by atoms with Crippen LogP contribution >= 0.6 is 15.9 Å². The maximum Gasteiger partial charge on any atom is 0.274 e. The molecule has 1 amide bonds. The number of carbonyl (C=O) groups excluding carboxylic acids is 1. The van der Waals surface area contributed by atoms with Gasteiger partial charge in [-0.25, -0.2) is 9.37 Å².